The van der Waals surface area contributed by atoms with Crippen LogP contribution in [0.15, 0.2) is 42.5 Å². The molecule has 0 aliphatic carbocycles. The molecule has 2 aromatic rings. The van der Waals surface area contributed by atoms with Crippen LogP contribution in [0.5, 0.6) is 0 Å². The Morgan fingerprint density at radius 3 is 1.78 bits per heavy atom. The molecular formula is C19H12F11NO. The second-order valence-electron chi connectivity index (χ2n) is 6.55. The average Bonchev–Trinajstić information content (AvgIpc) is 2.66. The molecule has 0 aliphatic heterocycles. The lowest BCUT2D eigenvalue weighted by Gasteiger charge is -2.30. The number of amides is 1. The molecule has 176 valence electrons. The largest absolute Gasteiger partial charge is 0.435 e. The minimum atomic E-state index is -6.31. The lowest BCUT2D eigenvalue weighted by atomic mass is 9.93. The first-order valence-corrected chi connectivity index (χ1v) is 8.55. The zero-order valence-corrected chi connectivity index (χ0v) is 15.5. The van der Waals surface area contributed by atoms with Gasteiger partial charge in [0.2, 0.25) is 0 Å². The zero-order valence-electron chi connectivity index (χ0n) is 15.5. The second kappa shape index (κ2) is 8.58. The molecule has 0 unspecified atom stereocenters. The van der Waals surface area contributed by atoms with Crippen LogP contribution in [0.25, 0.3) is 0 Å². The van der Waals surface area contributed by atoms with Crippen molar-refractivity contribution in [2.45, 2.75) is 30.6 Å². The Kier molecular flexibility index (Phi) is 6.81. The van der Waals surface area contributed by atoms with E-state index in [0.717, 1.165) is 6.07 Å². The second-order valence-corrected chi connectivity index (χ2v) is 6.55. The molecule has 2 nitrogen and oxygen atoms in total. The van der Waals surface area contributed by atoms with Crippen LogP contribution in [-0.2, 0) is 18.3 Å². The van der Waals surface area contributed by atoms with Gasteiger partial charge in [-0.25, -0.2) is 8.78 Å². The van der Waals surface area contributed by atoms with Crippen molar-refractivity contribution < 1.29 is 53.1 Å². The summed E-state index contributed by atoms with van der Waals surface area (Å²) < 4.78 is 142. The van der Waals surface area contributed by atoms with E-state index in [2.05, 4.69) is 5.32 Å². The maximum atomic E-state index is 13.9. The number of benzene rings is 2. The number of rotatable bonds is 5. The summed E-state index contributed by atoms with van der Waals surface area (Å²) >= 11 is 0. The fourth-order valence-electron chi connectivity index (χ4n) is 2.71. The number of hydrogen-bond donors (Lipinski definition) is 1. The smallest absolute Gasteiger partial charge is 0.352 e. The van der Waals surface area contributed by atoms with Crippen LogP contribution in [0.1, 0.15) is 27.0 Å². The average molecular weight is 479 g/mol. The predicted octanol–water partition coefficient (Wildman–Crippen LogP) is 6.11. The quantitative estimate of drug-likeness (QED) is 0.516. The number of carbonyl (C=O) groups excluding carboxylic acids is 1. The maximum absolute atomic E-state index is 13.9. The Bertz CT molecular complexity index is 945. The summed E-state index contributed by atoms with van der Waals surface area (Å²) in [5.41, 5.74) is -9.35. The topological polar surface area (TPSA) is 29.1 Å². The van der Waals surface area contributed by atoms with Crippen molar-refractivity contribution in [3.8, 4) is 0 Å². The van der Waals surface area contributed by atoms with Gasteiger partial charge in [0.1, 0.15) is 5.82 Å². The van der Waals surface area contributed by atoms with E-state index in [1.54, 1.807) is 0 Å². The van der Waals surface area contributed by atoms with Crippen LogP contribution in [0.4, 0.5) is 48.3 Å². The van der Waals surface area contributed by atoms with Gasteiger partial charge < -0.3 is 5.32 Å². The first-order chi connectivity index (χ1) is 14.5. The van der Waals surface area contributed by atoms with Gasteiger partial charge >= 0.3 is 24.2 Å². The van der Waals surface area contributed by atoms with Gasteiger partial charge in [-0.3, -0.25) is 4.79 Å². The minimum Gasteiger partial charge on any atom is -0.352 e. The maximum Gasteiger partial charge on any atom is 0.435 e. The predicted molar refractivity (Wildman–Crippen MR) is 88.8 cm³/mol. The molecule has 0 aliphatic rings. The van der Waals surface area contributed by atoms with E-state index in [-0.39, 0.29) is 30.7 Å². The lowest BCUT2D eigenvalue weighted by molar-refractivity contribution is -0.348. The molecule has 2 rings (SSSR count). The Balaban J connectivity index is 2.10. The van der Waals surface area contributed by atoms with Crippen LogP contribution in [-0.4, -0.2) is 24.8 Å². The highest BCUT2D eigenvalue weighted by Crippen LogP contribution is 2.53. The molecular weight excluding hydrogens is 467 g/mol. The van der Waals surface area contributed by atoms with Gasteiger partial charge in [0.05, 0.1) is 5.56 Å². The highest BCUT2D eigenvalue weighted by atomic mass is 19.4. The molecule has 0 fully saturated rings. The van der Waals surface area contributed by atoms with E-state index in [1.165, 1.54) is 0 Å². The van der Waals surface area contributed by atoms with Crippen LogP contribution in [0, 0.1) is 5.82 Å². The molecule has 1 N–H and O–H groups in total. The number of halogens is 11. The first kappa shape index (κ1) is 25.4. The van der Waals surface area contributed by atoms with Crippen molar-refractivity contribution in [1.82, 2.24) is 5.32 Å². The standard InChI is InChI=1S/C19H12F11NO/c20-14-6-1-10(9-13(14)17(22,23)24)7-8-31-15(32)11-2-4-12(5-3-11)16(21,18(25,26)27)19(28,29)30/h1-6,9H,7-8H2,(H,31,32). The Morgan fingerprint density at radius 1 is 0.781 bits per heavy atom. The fourth-order valence-corrected chi connectivity index (χ4v) is 2.71. The molecule has 0 saturated carbocycles. The monoisotopic (exact) mass is 479 g/mol. The summed E-state index contributed by atoms with van der Waals surface area (Å²) in [7, 11) is 0. The molecule has 2 aromatic carbocycles. The molecule has 13 heteroatoms. The van der Waals surface area contributed by atoms with Crippen LogP contribution in [0.2, 0.25) is 0 Å². The molecule has 1 amide bonds. The molecule has 0 bridgehead atoms. The summed E-state index contributed by atoms with van der Waals surface area (Å²) in [6.07, 6.45) is -17.7. The van der Waals surface area contributed by atoms with Gasteiger partial charge in [-0.15, -0.1) is 0 Å². The Labute approximate surface area is 173 Å². The van der Waals surface area contributed by atoms with Crippen molar-refractivity contribution in [1.29, 1.82) is 0 Å². The van der Waals surface area contributed by atoms with Crippen LogP contribution >= 0.6 is 0 Å². The molecule has 0 spiro atoms. The number of alkyl halides is 10. The SMILES string of the molecule is O=C(NCCc1ccc(F)c(C(F)(F)F)c1)c1ccc(C(F)(C(F)(F)F)C(F)(F)F)cc1. The summed E-state index contributed by atoms with van der Waals surface area (Å²) in [6.45, 7) is -0.290. The summed E-state index contributed by atoms with van der Waals surface area (Å²) in [6, 6.07) is 3.55. The molecule has 0 atom stereocenters. The van der Waals surface area contributed by atoms with E-state index in [1.807, 2.05) is 0 Å². The summed E-state index contributed by atoms with van der Waals surface area (Å²) in [5, 5.41) is 2.19. The van der Waals surface area contributed by atoms with Crippen molar-refractivity contribution in [2.24, 2.45) is 0 Å². The summed E-state index contributed by atoms with van der Waals surface area (Å²) in [4.78, 5) is 12.0. The minimum absolute atomic E-state index is 0.00643. The van der Waals surface area contributed by atoms with Gasteiger partial charge in [-0.05, 0) is 36.2 Å². The van der Waals surface area contributed by atoms with E-state index >= 15 is 0 Å². The van der Waals surface area contributed by atoms with Gasteiger partial charge in [-0.1, -0.05) is 18.2 Å². The van der Waals surface area contributed by atoms with Gasteiger partial charge in [0.25, 0.3) is 5.91 Å². The van der Waals surface area contributed by atoms with E-state index in [0.29, 0.717) is 24.3 Å². The Morgan fingerprint density at radius 2 is 1.31 bits per heavy atom. The van der Waals surface area contributed by atoms with Gasteiger partial charge in [0, 0.05) is 17.7 Å². The van der Waals surface area contributed by atoms with E-state index in [4.69, 9.17) is 0 Å². The number of carbonyl (C=O) groups is 1. The zero-order chi connectivity index (χ0) is 24.5. The van der Waals surface area contributed by atoms with Crippen molar-refractivity contribution >= 4 is 5.91 Å². The van der Waals surface area contributed by atoms with Crippen molar-refractivity contribution in [2.75, 3.05) is 6.54 Å². The molecule has 0 radical (unpaired) electrons. The fraction of sp³-hybridized carbons (Fsp3) is 0.316. The van der Waals surface area contributed by atoms with Gasteiger partial charge in [0.15, 0.2) is 0 Å². The highest BCUT2D eigenvalue weighted by Gasteiger charge is 2.73. The summed E-state index contributed by atoms with van der Waals surface area (Å²) in [5.74, 6) is -2.48. The van der Waals surface area contributed by atoms with E-state index < -0.39 is 52.6 Å². The third-order valence-electron chi connectivity index (χ3n) is 4.36. The number of hydrogen-bond acceptors (Lipinski definition) is 1. The molecule has 0 saturated heterocycles. The third-order valence-corrected chi connectivity index (χ3v) is 4.36. The molecule has 0 heterocycles. The van der Waals surface area contributed by atoms with Crippen LogP contribution < -0.4 is 5.32 Å². The van der Waals surface area contributed by atoms with Gasteiger partial charge in [-0.2, -0.15) is 39.5 Å². The lowest BCUT2D eigenvalue weighted by Crippen LogP contribution is -2.50. The number of nitrogens with one attached hydrogen (secondary N) is 1. The van der Waals surface area contributed by atoms with E-state index in [9.17, 15) is 53.1 Å². The van der Waals surface area contributed by atoms with Crippen molar-refractivity contribution in [3.05, 3.63) is 70.5 Å². The Hall–Kier alpha value is -2.86. The third kappa shape index (κ3) is 5.13. The van der Waals surface area contributed by atoms with Crippen molar-refractivity contribution in [3.63, 3.8) is 0 Å². The molecule has 0 aromatic heterocycles. The first-order valence-electron chi connectivity index (χ1n) is 8.55. The normalized spacial score (nSPS) is 13.2. The highest BCUT2D eigenvalue weighted by molar-refractivity contribution is 5.94. The van der Waals surface area contributed by atoms with Crippen LogP contribution in [0.3, 0.4) is 0 Å². The molecule has 32 heavy (non-hydrogen) atoms.